The summed E-state index contributed by atoms with van der Waals surface area (Å²) in [6.45, 7) is 0. The minimum Gasteiger partial charge on any atom is -0.505 e. The zero-order chi connectivity index (χ0) is 21.9. The van der Waals surface area contributed by atoms with E-state index in [9.17, 15) is 19.8 Å². The van der Waals surface area contributed by atoms with Gasteiger partial charge in [-0.25, -0.2) is 4.79 Å². The molecule has 1 aliphatic carbocycles. The average Bonchev–Trinajstić information content (AvgIpc) is 2.70. The van der Waals surface area contributed by atoms with Crippen LogP contribution >= 0.6 is 86.3 Å². The number of rotatable bonds is 2. The largest absolute Gasteiger partial charge is 0.505 e. The molecule has 10 heteroatoms. The standard InChI is InChI=1S/C20H7Br4IO5/c21-11-4-9-13(7-2-1-6(25)3-8(7)20(28)29)10-5-12(22)17(27)15(24)19(10)30-18(9)14(23)16(11)26/h1-5,26H,(H,28,29). The van der Waals surface area contributed by atoms with Crippen LogP contribution in [0.4, 0.5) is 0 Å². The van der Waals surface area contributed by atoms with E-state index in [0.717, 1.165) is 3.57 Å². The van der Waals surface area contributed by atoms with Gasteiger partial charge in [-0.2, -0.15) is 0 Å². The summed E-state index contributed by atoms with van der Waals surface area (Å²) in [5, 5.41) is 20.8. The molecule has 2 aromatic rings. The van der Waals surface area contributed by atoms with Crippen LogP contribution in [0.15, 0.2) is 57.4 Å². The number of carbonyl (C=O) groups is 1. The molecular weight excluding hydrogens is 767 g/mol. The van der Waals surface area contributed by atoms with Gasteiger partial charge in [0, 0.05) is 20.1 Å². The van der Waals surface area contributed by atoms with Crippen LogP contribution < -0.4 is 5.43 Å². The molecule has 4 rings (SSSR count). The van der Waals surface area contributed by atoms with E-state index in [4.69, 9.17) is 4.42 Å². The first-order valence-electron chi connectivity index (χ1n) is 8.10. The highest BCUT2D eigenvalue weighted by molar-refractivity contribution is 14.1. The molecule has 0 bridgehead atoms. The van der Waals surface area contributed by atoms with Crippen LogP contribution in [-0.2, 0) is 0 Å². The molecule has 0 unspecified atom stereocenters. The molecule has 5 nitrogen and oxygen atoms in total. The normalized spacial score (nSPS) is 11.4. The van der Waals surface area contributed by atoms with Gasteiger partial charge in [0.1, 0.15) is 14.7 Å². The fourth-order valence-electron chi connectivity index (χ4n) is 3.19. The smallest absolute Gasteiger partial charge is 0.336 e. The second-order valence-corrected chi connectivity index (χ2v) is 10.8. The quantitative estimate of drug-likeness (QED) is 0.162. The number of phenolic OH excluding ortho intramolecular Hbond substituents is 1. The summed E-state index contributed by atoms with van der Waals surface area (Å²) in [4.78, 5) is 24.5. The number of carboxylic acids is 1. The molecule has 30 heavy (non-hydrogen) atoms. The Kier molecular flexibility index (Phi) is 6.08. The van der Waals surface area contributed by atoms with E-state index in [1.54, 1.807) is 30.3 Å². The van der Waals surface area contributed by atoms with Crippen molar-refractivity contribution >= 4 is 103 Å². The second kappa shape index (κ2) is 8.19. The molecule has 0 atom stereocenters. The van der Waals surface area contributed by atoms with Gasteiger partial charge in [-0.3, -0.25) is 4.79 Å². The maximum atomic E-state index is 12.5. The van der Waals surface area contributed by atoms with E-state index in [1.165, 1.54) is 0 Å². The van der Waals surface area contributed by atoms with E-state index in [0.29, 0.717) is 31.0 Å². The first kappa shape index (κ1) is 22.3. The second-order valence-electron chi connectivity index (χ2n) is 6.25. The zero-order valence-corrected chi connectivity index (χ0v) is 22.9. The monoisotopic (exact) mass is 770 g/mol. The SMILES string of the molecule is O=C(O)c1cc(I)ccc1-c1c2cc(Br)c(=O)c(Br)c-2oc2c(Br)c(O)c(Br)cc12. The van der Waals surface area contributed by atoms with Gasteiger partial charge in [-0.1, -0.05) is 6.07 Å². The highest BCUT2D eigenvalue weighted by Crippen LogP contribution is 2.49. The minimum absolute atomic E-state index is 0.0757. The fraction of sp³-hybridized carbons (Fsp3) is 0. The van der Waals surface area contributed by atoms with Crippen molar-refractivity contribution in [1.29, 1.82) is 0 Å². The molecule has 0 amide bonds. The summed E-state index contributed by atoms with van der Waals surface area (Å²) in [6.07, 6.45) is 0. The van der Waals surface area contributed by atoms with Crippen molar-refractivity contribution in [2.45, 2.75) is 0 Å². The average molecular weight is 774 g/mol. The molecule has 0 aromatic heterocycles. The number of fused-ring (bicyclic) bond motifs is 2. The Balaban J connectivity index is 2.34. The number of halogens is 5. The Bertz CT molecular complexity index is 1410. The van der Waals surface area contributed by atoms with Crippen LogP contribution in [0.25, 0.3) is 33.4 Å². The summed E-state index contributed by atoms with van der Waals surface area (Å²) >= 11 is 15.3. The lowest BCUT2D eigenvalue weighted by molar-refractivity contribution is 0.0697. The number of hydrogen-bond acceptors (Lipinski definition) is 4. The Morgan fingerprint density at radius 2 is 1.67 bits per heavy atom. The van der Waals surface area contributed by atoms with Gasteiger partial charge in [0.05, 0.1) is 14.5 Å². The van der Waals surface area contributed by atoms with Crippen LogP contribution in [0.5, 0.6) is 5.75 Å². The molecule has 0 radical (unpaired) electrons. The molecule has 0 saturated carbocycles. The van der Waals surface area contributed by atoms with Gasteiger partial charge in [0.2, 0.25) is 5.43 Å². The first-order valence-corrected chi connectivity index (χ1v) is 12.4. The third-order valence-corrected chi connectivity index (χ3v) is 7.83. The fourth-order valence-corrected chi connectivity index (χ4v) is 6.09. The van der Waals surface area contributed by atoms with Gasteiger partial charge >= 0.3 is 5.97 Å². The molecule has 2 N–H and O–H groups in total. The van der Waals surface area contributed by atoms with Crippen molar-refractivity contribution in [3.8, 4) is 28.2 Å². The number of aromatic hydroxyl groups is 1. The highest BCUT2D eigenvalue weighted by atomic mass is 127. The lowest BCUT2D eigenvalue weighted by atomic mass is 9.91. The number of carboxylic acid groups (broad SMARTS) is 1. The Hall–Kier alpha value is -0.950. The molecule has 1 aliphatic heterocycles. The number of aromatic carboxylic acids is 1. The Labute approximate surface area is 216 Å². The van der Waals surface area contributed by atoms with E-state index >= 15 is 0 Å². The molecule has 2 aromatic carbocycles. The van der Waals surface area contributed by atoms with Crippen molar-refractivity contribution in [1.82, 2.24) is 0 Å². The molecule has 152 valence electrons. The van der Waals surface area contributed by atoms with Gasteiger partial charge in [-0.15, -0.1) is 0 Å². The molecule has 0 fully saturated rings. The van der Waals surface area contributed by atoms with Crippen molar-refractivity contribution in [3.63, 3.8) is 0 Å². The molecule has 0 saturated heterocycles. The van der Waals surface area contributed by atoms with E-state index in [-0.39, 0.29) is 37.0 Å². The third-order valence-electron chi connectivity index (χ3n) is 4.50. The third kappa shape index (κ3) is 3.54. The number of benzene rings is 3. The van der Waals surface area contributed by atoms with Crippen LogP contribution in [0.3, 0.4) is 0 Å². The van der Waals surface area contributed by atoms with Crippen LogP contribution in [-0.4, -0.2) is 16.2 Å². The zero-order valence-electron chi connectivity index (χ0n) is 14.4. The maximum Gasteiger partial charge on any atom is 0.336 e. The van der Waals surface area contributed by atoms with Crippen LogP contribution in [0.1, 0.15) is 10.4 Å². The van der Waals surface area contributed by atoms with E-state index in [2.05, 4.69) is 86.3 Å². The number of phenols is 1. The number of hydrogen-bond donors (Lipinski definition) is 2. The highest BCUT2D eigenvalue weighted by Gasteiger charge is 2.27. The van der Waals surface area contributed by atoms with Crippen molar-refractivity contribution in [2.24, 2.45) is 0 Å². The predicted molar refractivity (Wildman–Crippen MR) is 137 cm³/mol. The summed E-state index contributed by atoms with van der Waals surface area (Å²) in [6, 6.07) is 8.38. The molecule has 2 aliphatic rings. The molecule has 1 heterocycles. The topological polar surface area (TPSA) is 87.7 Å². The van der Waals surface area contributed by atoms with Crippen molar-refractivity contribution < 1.29 is 19.4 Å². The van der Waals surface area contributed by atoms with Crippen molar-refractivity contribution in [3.05, 3.63) is 67.6 Å². The summed E-state index contributed by atoms with van der Waals surface area (Å²) in [5.41, 5.74) is 1.62. The lowest BCUT2D eigenvalue weighted by Gasteiger charge is -2.19. The lowest BCUT2D eigenvalue weighted by Crippen LogP contribution is -2.08. The minimum atomic E-state index is -1.08. The maximum absolute atomic E-state index is 12.5. The molecule has 0 spiro atoms. The molecular formula is C20H7Br4IO5. The van der Waals surface area contributed by atoms with Crippen molar-refractivity contribution in [2.75, 3.05) is 0 Å². The summed E-state index contributed by atoms with van der Waals surface area (Å²) in [7, 11) is 0. The summed E-state index contributed by atoms with van der Waals surface area (Å²) in [5.74, 6) is -0.919. The van der Waals surface area contributed by atoms with Crippen LogP contribution in [0, 0.1) is 3.57 Å². The van der Waals surface area contributed by atoms with Gasteiger partial charge in [-0.05, 0) is 116 Å². The Morgan fingerprint density at radius 3 is 2.33 bits per heavy atom. The van der Waals surface area contributed by atoms with E-state index in [1.807, 2.05) is 0 Å². The van der Waals surface area contributed by atoms with E-state index < -0.39 is 5.97 Å². The first-order chi connectivity index (χ1) is 14.1. The summed E-state index contributed by atoms with van der Waals surface area (Å²) < 4.78 is 7.96. The van der Waals surface area contributed by atoms with Gasteiger partial charge in [0.15, 0.2) is 11.3 Å². The van der Waals surface area contributed by atoms with Gasteiger partial charge < -0.3 is 14.6 Å². The predicted octanol–water partition coefficient (Wildman–Crippen LogP) is 7.62. The van der Waals surface area contributed by atoms with Crippen LogP contribution in [0.2, 0.25) is 0 Å². The van der Waals surface area contributed by atoms with Gasteiger partial charge in [0.25, 0.3) is 0 Å². The Morgan fingerprint density at radius 1 is 0.967 bits per heavy atom.